The van der Waals surface area contributed by atoms with Gasteiger partial charge in [0.05, 0.1) is 31.7 Å². The van der Waals surface area contributed by atoms with Crippen LogP contribution in [-0.2, 0) is 14.3 Å². The number of hydrogen-bond donors (Lipinski definition) is 2. The number of carbonyl (C=O) groups is 2. The van der Waals surface area contributed by atoms with Crippen molar-refractivity contribution in [2.45, 2.75) is 17.9 Å². The predicted molar refractivity (Wildman–Crippen MR) is 132 cm³/mol. The molecule has 0 radical (unpaired) electrons. The van der Waals surface area contributed by atoms with Gasteiger partial charge in [0.2, 0.25) is 0 Å². The number of esters is 1. The van der Waals surface area contributed by atoms with Crippen molar-refractivity contribution in [3.63, 3.8) is 0 Å². The van der Waals surface area contributed by atoms with Crippen molar-refractivity contribution in [1.29, 1.82) is 0 Å². The smallest absolute Gasteiger partial charge is 0.338 e. The number of carboxylic acid groups (broad SMARTS) is 1. The highest BCUT2D eigenvalue weighted by Gasteiger charge is 2.74. The van der Waals surface area contributed by atoms with E-state index >= 15 is 0 Å². The number of halogens is 2. The van der Waals surface area contributed by atoms with Crippen molar-refractivity contribution in [1.82, 2.24) is 15.2 Å². The number of ether oxygens (including phenoxy) is 2. The van der Waals surface area contributed by atoms with Gasteiger partial charge in [0.15, 0.2) is 10.8 Å². The lowest BCUT2D eigenvalue weighted by molar-refractivity contribution is -0.136. The largest absolute Gasteiger partial charge is 0.478 e. The monoisotopic (exact) mass is 550 g/mol. The van der Waals surface area contributed by atoms with E-state index in [9.17, 15) is 19.1 Å². The number of likely N-dealkylation sites (tertiary alicyclic amines) is 1. The zero-order chi connectivity index (χ0) is 25.2. The Kier molecular flexibility index (Phi) is 5.88. The molecular weight excluding hydrogens is 530 g/mol. The summed E-state index contributed by atoms with van der Waals surface area (Å²) in [4.78, 5) is 36.3. The molecule has 0 amide bonds. The molecule has 2 aromatic rings. The van der Waals surface area contributed by atoms with Crippen molar-refractivity contribution in [2.24, 2.45) is 10.4 Å². The van der Waals surface area contributed by atoms with Crippen molar-refractivity contribution in [2.75, 3.05) is 33.0 Å². The molecule has 13 heteroatoms. The Hall–Kier alpha value is -2.43. The molecule has 0 aliphatic carbocycles. The van der Waals surface area contributed by atoms with E-state index in [1.807, 2.05) is 5.38 Å². The second kappa shape index (κ2) is 8.85. The standard InChI is InChI=1S/C23H21ClFN4O5PS/c1-33-20(30)16-14(7-29-15-8-34-9-23(15)10-35(21(23)29)22(31)32)27-18(19-26-4-5-36-19)28-17(16)12-3-2-11(25)6-13(12)24/h2-6,15,17,21H,7-10H2,1H3,(H,27,28)(H,31,32)/t15?,17-,21?,23?,35?/m0/s1. The molecule has 4 aliphatic rings. The average molecular weight is 551 g/mol. The van der Waals surface area contributed by atoms with Gasteiger partial charge in [-0.25, -0.2) is 19.0 Å². The maximum Gasteiger partial charge on any atom is 0.338 e. The second-order valence-electron chi connectivity index (χ2n) is 9.11. The van der Waals surface area contributed by atoms with E-state index in [0.717, 1.165) is 0 Å². The Morgan fingerprint density at radius 3 is 3.00 bits per heavy atom. The van der Waals surface area contributed by atoms with E-state index in [2.05, 4.69) is 15.2 Å². The van der Waals surface area contributed by atoms with Crippen LogP contribution in [0.15, 0.2) is 46.0 Å². The van der Waals surface area contributed by atoms with E-state index in [4.69, 9.17) is 26.1 Å². The Balaban J connectivity index is 1.43. The lowest BCUT2D eigenvalue weighted by Crippen LogP contribution is -2.78. The highest BCUT2D eigenvalue weighted by molar-refractivity contribution is 7.76. The van der Waals surface area contributed by atoms with Crippen LogP contribution in [0.5, 0.6) is 0 Å². The number of rotatable bonds is 6. The van der Waals surface area contributed by atoms with Crippen LogP contribution in [0.25, 0.3) is 0 Å². The third-order valence-corrected chi connectivity index (χ3v) is 11.2. The highest BCUT2D eigenvalue weighted by atomic mass is 35.5. The molecule has 188 valence electrons. The first-order valence-electron chi connectivity index (χ1n) is 11.2. The van der Waals surface area contributed by atoms with Gasteiger partial charge in [0.1, 0.15) is 11.9 Å². The van der Waals surface area contributed by atoms with Crippen molar-refractivity contribution in [3.8, 4) is 0 Å². The lowest BCUT2D eigenvalue weighted by atomic mass is 9.73. The fourth-order valence-corrected chi connectivity index (χ4v) is 9.47. The van der Waals surface area contributed by atoms with E-state index < -0.39 is 31.5 Å². The van der Waals surface area contributed by atoms with Crippen LogP contribution in [0.2, 0.25) is 5.02 Å². The van der Waals surface area contributed by atoms with E-state index in [-0.39, 0.29) is 34.4 Å². The number of hydrogen-bond acceptors (Lipinski definition) is 9. The number of nitrogens with zero attached hydrogens (tertiary/aromatic N) is 3. The number of amidine groups is 1. The van der Waals surface area contributed by atoms with Crippen molar-refractivity contribution < 1.29 is 28.6 Å². The Bertz CT molecular complexity index is 1320. The number of aromatic nitrogens is 1. The first kappa shape index (κ1) is 23.9. The third-order valence-electron chi connectivity index (χ3n) is 7.31. The number of benzene rings is 1. The zero-order valence-electron chi connectivity index (χ0n) is 19.0. The number of nitrogens with one attached hydrogen (secondary N) is 1. The third kappa shape index (κ3) is 3.52. The van der Waals surface area contributed by atoms with Crippen LogP contribution in [0.1, 0.15) is 16.6 Å². The molecule has 2 N–H and O–H groups in total. The Morgan fingerprint density at radius 1 is 1.47 bits per heavy atom. The summed E-state index contributed by atoms with van der Waals surface area (Å²) in [6.45, 7) is 1.35. The van der Waals surface area contributed by atoms with Gasteiger partial charge in [-0.1, -0.05) is 17.7 Å². The minimum atomic E-state index is -1.23. The summed E-state index contributed by atoms with van der Waals surface area (Å²) in [7, 11) is 0.0540. The molecule has 6 rings (SSSR count). The van der Waals surface area contributed by atoms with E-state index in [1.54, 1.807) is 6.20 Å². The molecule has 36 heavy (non-hydrogen) atoms. The quantitative estimate of drug-likeness (QED) is 0.414. The summed E-state index contributed by atoms with van der Waals surface area (Å²) >= 11 is 7.79. The van der Waals surface area contributed by atoms with E-state index in [1.165, 1.54) is 36.6 Å². The van der Waals surface area contributed by atoms with E-state index in [0.29, 0.717) is 41.5 Å². The topological polar surface area (TPSA) is 113 Å². The summed E-state index contributed by atoms with van der Waals surface area (Å²) in [6.07, 6.45) is 2.30. The van der Waals surface area contributed by atoms with Gasteiger partial charge < -0.3 is 19.9 Å². The molecule has 1 aromatic carbocycles. The Morgan fingerprint density at radius 2 is 2.31 bits per heavy atom. The van der Waals surface area contributed by atoms with Gasteiger partial charge >= 0.3 is 11.7 Å². The van der Waals surface area contributed by atoms with Gasteiger partial charge in [-0.3, -0.25) is 9.89 Å². The fraction of sp³-hybridized carbons (Fsp3) is 0.391. The number of carbonyl (C=O) groups excluding carboxylic acids is 1. The Labute approximate surface area is 215 Å². The van der Waals surface area contributed by atoms with Crippen molar-refractivity contribution in [3.05, 3.63) is 62.5 Å². The molecule has 9 nitrogen and oxygen atoms in total. The van der Waals surface area contributed by atoms with Gasteiger partial charge in [-0.15, -0.1) is 11.3 Å². The van der Waals surface area contributed by atoms with Gasteiger partial charge in [-0.05, 0) is 18.3 Å². The van der Waals surface area contributed by atoms with Crippen LogP contribution in [0, 0.1) is 11.2 Å². The highest BCUT2D eigenvalue weighted by Crippen LogP contribution is 2.74. The number of methoxy groups -OCH3 is 1. The molecule has 1 aromatic heterocycles. The first-order valence-corrected chi connectivity index (χ1v) is 14.0. The molecule has 4 unspecified atom stereocenters. The maximum absolute atomic E-state index is 13.8. The molecule has 4 aliphatic heterocycles. The van der Waals surface area contributed by atoms with Crippen LogP contribution < -0.4 is 5.32 Å². The van der Waals surface area contributed by atoms with Gasteiger partial charge in [0, 0.05) is 53.8 Å². The van der Waals surface area contributed by atoms with Crippen LogP contribution in [0.3, 0.4) is 0 Å². The predicted octanol–water partition coefficient (Wildman–Crippen LogP) is 3.65. The normalized spacial score (nSPS) is 30.9. The molecule has 3 saturated heterocycles. The lowest BCUT2D eigenvalue weighted by Gasteiger charge is -2.69. The summed E-state index contributed by atoms with van der Waals surface area (Å²) in [5.41, 5.74) is 0.319. The molecular formula is C23H21ClFN4O5PS. The van der Waals surface area contributed by atoms with Crippen LogP contribution >= 0.6 is 30.9 Å². The average Bonchev–Trinajstić information content (AvgIpc) is 3.51. The number of aliphatic imine (C=N–C) groups is 1. The van der Waals surface area contributed by atoms with Crippen molar-refractivity contribution >= 4 is 48.4 Å². The molecule has 0 saturated carbocycles. The molecule has 3 fully saturated rings. The molecule has 1 spiro atoms. The summed E-state index contributed by atoms with van der Waals surface area (Å²) in [5.74, 6) is -0.786. The minimum Gasteiger partial charge on any atom is -0.478 e. The molecule has 5 atom stereocenters. The van der Waals surface area contributed by atoms with Gasteiger partial charge in [-0.2, -0.15) is 0 Å². The SMILES string of the molecule is COC(=O)C1=C(CN2C3COCC34CP(C(=O)O)C24)NC(c2nccs2)=N[C@H]1c1ccc(F)cc1Cl. The molecule has 5 heterocycles. The zero-order valence-corrected chi connectivity index (χ0v) is 21.4. The minimum absolute atomic E-state index is 0.0730. The maximum atomic E-state index is 13.8. The first-order chi connectivity index (χ1) is 17.3. The summed E-state index contributed by atoms with van der Waals surface area (Å²) in [6, 6.07) is 3.16. The van der Waals surface area contributed by atoms with Crippen LogP contribution in [0.4, 0.5) is 9.18 Å². The fourth-order valence-electron chi connectivity index (χ4n) is 5.75. The summed E-state index contributed by atoms with van der Waals surface area (Å²) in [5, 5.41) is 15.6. The second-order valence-corrected chi connectivity index (χ2v) is 12.5. The van der Waals surface area contributed by atoms with Crippen LogP contribution in [-0.4, -0.2) is 77.4 Å². The summed E-state index contributed by atoms with van der Waals surface area (Å²) < 4.78 is 24.7. The molecule has 0 bridgehead atoms. The van der Waals surface area contributed by atoms with Gasteiger partial charge in [0.25, 0.3) is 0 Å². The number of thiazole rings is 1.